The lowest BCUT2D eigenvalue weighted by molar-refractivity contribution is 0.342. The maximum Gasteiger partial charge on any atom is 0.249 e. The predicted octanol–water partition coefficient (Wildman–Crippen LogP) is 3.76. The van der Waals surface area contributed by atoms with Gasteiger partial charge in [-0.05, 0) is 31.2 Å². The SMILES string of the molecule is CCOc1ccccc1Nc1cnnc(Nc2ccccc2)n1. The van der Waals surface area contributed by atoms with Crippen molar-refractivity contribution in [2.24, 2.45) is 0 Å². The molecule has 23 heavy (non-hydrogen) atoms. The molecule has 1 heterocycles. The number of hydrogen-bond acceptors (Lipinski definition) is 6. The Morgan fingerprint density at radius 2 is 1.74 bits per heavy atom. The molecule has 6 nitrogen and oxygen atoms in total. The number of benzene rings is 2. The highest BCUT2D eigenvalue weighted by Gasteiger charge is 2.05. The zero-order chi connectivity index (χ0) is 15.9. The van der Waals surface area contributed by atoms with E-state index in [1.165, 1.54) is 0 Å². The van der Waals surface area contributed by atoms with Crippen LogP contribution in [0.3, 0.4) is 0 Å². The number of nitrogens with zero attached hydrogens (tertiary/aromatic N) is 3. The van der Waals surface area contributed by atoms with Crippen molar-refractivity contribution in [3.63, 3.8) is 0 Å². The van der Waals surface area contributed by atoms with Crippen molar-refractivity contribution >= 4 is 23.1 Å². The Balaban J connectivity index is 1.78. The van der Waals surface area contributed by atoms with Gasteiger partial charge in [0.15, 0.2) is 5.82 Å². The Kier molecular flexibility index (Phi) is 4.63. The van der Waals surface area contributed by atoms with Crippen molar-refractivity contribution in [1.29, 1.82) is 0 Å². The summed E-state index contributed by atoms with van der Waals surface area (Å²) in [4.78, 5) is 4.41. The maximum absolute atomic E-state index is 5.59. The minimum Gasteiger partial charge on any atom is -0.492 e. The minimum absolute atomic E-state index is 0.426. The smallest absolute Gasteiger partial charge is 0.249 e. The van der Waals surface area contributed by atoms with Crippen LogP contribution in [0.1, 0.15) is 6.92 Å². The van der Waals surface area contributed by atoms with Crippen molar-refractivity contribution in [3.8, 4) is 5.75 Å². The fourth-order valence-electron chi connectivity index (χ4n) is 2.06. The zero-order valence-corrected chi connectivity index (χ0v) is 12.7. The standard InChI is InChI=1S/C17H17N5O/c1-2-23-15-11-7-6-10-14(15)20-16-12-18-22-17(21-16)19-13-8-4-3-5-9-13/h3-12H,2H2,1H3,(H2,19,20,21,22). The summed E-state index contributed by atoms with van der Waals surface area (Å²) >= 11 is 0. The first-order chi connectivity index (χ1) is 11.3. The van der Waals surface area contributed by atoms with E-state index in [1.54, 1.807) is 6.20 Å². The molecule has 0 unspecified atom stereocenters. The van der Waals surface area contributed by atoms with Crippen LogP contribution in [0, 0.1) is 0 Å². The molecule has 0 atom stereocenters. The van der Waals surface area contributed by atoms with Crippen LogP contribution in [0.5, 0.6) is 5.75 Å². The predicted molar refractivity (Wildman–Crippen MR) is 90.4 cm³/mol. The van der Waals surface area contributed by atoms with Crippen molar-refractivity contribution in [3.05, 3.63) is 60.8 Å². The van der Waals surface area contributed by atoms with Crippen molar-refractivity contribution in [2.75, 3.05) is 17.2 Å². The van der Waals surface area contributed by atoms with E-state index in [-0.39, 0.29) is 0 Å². The second kappa shape index (κ2) is 7.22. The minimum atomic E-state index is 0.426. The molecule has 1 aromatic heterocycles. The van der Waals surface area contributed by atoms with Crippen LogP contribution in [0.2, 0.25) is 0 Å². The van der Waals surface area contributed by atoms with Gasteiger partial charge in [-0.3, -0.25) is 0 Å². The number of para-hydroxylation sites is 3. The topological polar surface area (TPSA) is 72.0 Å². The van der Waals surface area contributed by atoms with E-state index in [0.717, 1.165) is 17.1 Å². The third kappa shape index (κ3) is 3.94. The Hall–Kier alpha value is -3.15. The molecular weight excluding hydrogens is 290 g/mol. The first-order valence-electron chi connectivity index (χ1n) is 7.36. The van der Waals surface area contributed by atoms with Gasteiger partial charge in [0.1, 0.15) is 5.75 Å². The number of nitrogens with one attached hydrogen (secondary N) is 2. The highest BCUT2D eigenvalue weighted by atomic mass is 16.5. The number of rotatable bonds is 6. The average Bonchev–Trinajstić information content (AvgIpc) is 2.58. The van der Waals surface area contributed by atoms with E-state index in [2.05, 4.69) is 25.8 Å². The van der Waals surface area contributed by atoms with Crippen LogP contribution in [-0.2, 0) is 0 Å². The van der Waals surface area contributed by atoms with Crippen LogP contribution in [0.15, 0.2) is 60.8 Å². The molecule has 0 aliphatic carbocycles. The molecule has 0 spiro atoms. The fraction of sp³-hybridized carbons (Fsp3) is 0.118. The summed E-state index contributed by atoms with van der Waals surface area (Å²) in [6.45, 7) is 2.55. The zero-order valence-electron chi connectivity index (χ0n) is 12.7. The lowest BCUT2D eigenvalue weighted by Crippen LogP contribution is -2.03. The molecule has 0 saturated heterocycles. The monoisotopic (exact) mass is 307 g/mol. The molecule has 116 valence electrons. The quantitative estimate of drug-likeness (QED) is 0.722. The van der Waals surface area contributed by atoms with Crippen molar-refractivity contribution in [1.82, 2.24) is 15.2 Å². The Morgan fingerprint density at radius 3 is 2.57 bits per heavy atom. The first kappa shape index (κ1) is 14.8. The Bertz CT molecular complexity index is 764. The van der Waals surface area contributed by atoms with E-state index in [4.69, 9.17) is 4.74 Å². The van der Waals surface area contributed by atoms with Gasteiger partial charge >= 0.3 is 0 Å². The Labute approximate surface area is 134 Å². The Morgan fingerprint density at radius 1 is 0.957 bits per heavy atom. The number of anilines is 4. The highest BCUT2D eigenvalue weighted by molar-refractivity contribution is 5.64. The molecule has 0 amide bonds. The molecule has 0 aliphatic heterocycles. The van der Waals surface area contributed by atoms with Gasteiger partial charge in [-0.1, -0.05) is 30.3 Å². The third-order valence-corrected chi connectivity index (χ3v) is 3.04. The van der Waals surface area contributed by atoms with E-state index >= 15 is 0 Å². The summed E-state index contributed by atoms with van der Waals surface area (Å²) in [6, 6.07) is 17.4. The number of hydrogen-bond donors (Lipinski definition) is 2. The third-order valence-electron chi connectivity index (χ3n) is 3.04. The molecule has 3 rings (SSSR count). The summed E-state index contributed by atoms with van der Waals surface area (Å²) in [7, 11) is 0. The molecule has 0 saturated carbocycles. The normalized spacial score (nSPS) is 10.1. The molecule has 0 bridgehead atoms. The van der Waals surface area contributed by atoms with Crippen LogP contribution < -0.4 is 15.4 Å². The van der Waals surface area contributed by atoms with Crippen molar-refractivity contribution in [2.45, 2.75) is 6.92 Å². The highest BCUT2D eigenvalue weighted by Crippen LogP contribution is 2.26. The molecular formula is C17H17N5O. The van der Waals surface area contributed by atoms with Gasteiger partial charge in [-0.25, -0.2) is 0 Å². The second-order valence-corrected chi connectivity index (χ2v) is 4.71. The fourth-order valence-corrected chi connectivity index (χ4v) is 2.06. The van der Waals surface area contributed by atoms with Gasteiger partial charge in [0.25, 0.3) is 0 Å². The summed E-state index contributed by atoms with van der Waals surface area (Å²) in [5, 5.41) is 14.3. The molecule has 2 N–H and O–H groups in total. The molecule has 0 radical (unpaired) electrons. The number of ether oxygens (including phenoxy) is 1. The maximum atomic E-state index is 5.59. The van der Waals surface area contributed by atoms with Crippen LogP contribution in [0.4, 0.5) is 23.1 Å². The molecule has 6 heteroatoms. The van der Waals surface area contributed by atoms with Gasteiger partial charge < -0.3 is 15.4 Å². The van der Waals surface area contributed by atoms with Gasteiger partial charge in [0.05, 0.1) is 18.5 Å². The van der Waals surface area contributed by atoms with Gasteiger partial charge in [0, 0.05) is 5.69 Å². The van der Waals surface area contributed by atoms with Gasteiger partial charge in [0.2, 0.25) is 5.95 Å². The largest absolute Gasteiger partial charge is 0.492 e. The lowest BCUT2D eigenvalue weighted by Gasteiger charge is -2.11. The number of aromatic nitrogens is 3. The summed E-state index contributed by atoms with van der Waals surface area (Å²) < 4.78 is 5.59. The van der Waals surface area contributed by atoms with E-state index < -0.39 is 0 Å². The van der Waals surface area contributed by atoms with E-state index in [9.17, 15) is 0 Å². The first-order valence-corrected chi connectivity index (χ1v) is 7.36. The van der Waals surface area contributed by atoms with Gasteiger partial charge in [-0.2, -0.15) is 10.1 Å². The second-order valence-electron chi connectivity index (χ2n) is 4.71. The summed E-state index contributed by atoms with van der Waals surface area (Å²) in [6.07, 6.45) is 1.57. The lowest BCUT2D eigenvalue weighted by atomic mass is 10.3. The van der Waals surface area contributed by atoms with Crippen LogP contribution in [0.25, 0.3) is 0 Å². The van der Waals surface area contributed by atoms with Crippen LogP contribution in [-0.4, -0.2) is 21.8 Å². The molecule has 0 aliphatic rings. The van der Waals surface area contributed by atoms with Gasteiger partial charge in [-0.15, -0.1) is 5.10 Å². The summed E-state index contributed by atoms with van der Waals surface area (Å²) in [5.74, 6) is 1.78. The van der Waals surface area contributed by atoms with Crippen molar-refractivity contribution < 1.29 is 4.74 Å². The molecule has 2 aromatic carbocycles. The molecule has 0 fully saturated rings. The van der Waals surface area contributed by atoms with E-state index in [0.29, 0.717) is 18.4 Å². The van der Waals surface area contributed by atoms with Crippen LogP contribution >= 0.6 is 0 Å². The summed E-state index contributed by atoms with van der Waals surface area (Å²) in [5.41, 5.74) is 1.74. The van der Waals surface area contributed by atoms with E-state index in [1.807, 2.05) is 61.5 Å². The molecule has 3 aromatic rings. The average molecular weight is 307 g/mol.